The van der Waals surface area contributed by atoms with Crippen LogP contribution in [0.2, 0.25) is 0 Å². The van der Waals surface area contributed by atoms with Gasteiger partial charge in [-0.15, -0.1) is 11.6 Å². The molecule has 0 bridgehead atoms. The fourth-order valence-electron chi connectivity index (χ4n) is 2.27. The first-order valence-corrected chi connectivity index (χ1v) is 7.11. The van der Waals surface area contributed by atoms with Crippen molar-refractivity contribution in [1.82, 2.24) is 19.5 Å². The van der Waals surface area contributed by atoms with Gasteiger partial charge in [0.2, 0.25) is 5.88 Å². The molecule has 0 unspecified atom stereocenters. The first-order valence-electron chi connectivity index (χ1n) is 6.58. The van der Waals surface area contributed by atoms with E-state index in [9.17, 15) is 0 Å². The van der Waals surface area contributed by atoms with Crippen LogP contribution in [0.5, 0.6) is 5.88 Å². The minimum absolute atomic E-state index is 0.345. The van der Waals surface area contributed by atoms with E-state index in [1.807, 2.05) is 35.9 Å². The molecule has 0 N–H and O–H groups in total. The molecule has 0 aliphatic rings. The van der Waals surface area contributed by atoms with Crippen LogP contribution in [0.4, 0.5) is 0 Å². The van der Waals surface area contributed by atoms with E-state index in [2.05, 4.69) is 15.0 Å². The molecule has 0 spiro atoms. The molecule has 0 saturated carbocycles. The quantitative estimate of drug-likeness (QED) is 0.695. The van der Waals surface area contributed by atoms with Crippen molar-refractivity contribution in [2.24, 2.45) is 0 Å². The molecule has 21 heavy (non-hydrogen) atoms. The Labute approximate surface area is 127 Å². The summed E-state index contributed by atoms with van der Waals surface area (Å²) in [4.78, 5) is 13.2. The smallest absolute Gasteiger partial charge is 0.213 e. The van der Waals surface area contributed by atoms with Crippen LogP contribution >= 0.6 is 11.6 Å². The highest BCUT2D eigenvalue weighted by Gasteiger charge is 2.12. The predicted molar refractivity (Wildman–Crippen MR) is 81.7 cm³/mol. The van der Waals surface area contributed by atoms with Gasteiger partial charge < -0.3 is 9.30 Å². The van der Waals surface area contributed by atoms with Gasteiger partial charge in [0.25, 0.3) is 0 Å². The molecule has 3 rings (SSSR count). The molecular formula is C15H15ClN4O. The average Bonchev–Trinajstić information content (AvgIpc) is 2.84. The number of aromatic nitrogens is 4. The summed E-state index contributed by atoms with van der Waals surface area (Å²) in [6.45, 7) is 2.63. The maximum atomic E-state index is 6.02. The number of nitrogens with zero attached hydrogens (tertiary/aromatic N) is 4. The van der Waals surface area contributed by atoms with E-state index in [1.54, 1.807) is 13.3 Å². The zero-order chi connectivity index (χ0) is 14.8. The second-order valence-corrected chi connectivity index (χ2v) is 5.08. The fraction of sp³-hybridized carbons (Fsp3) is 0.267. The molecule has 3 aromatic heterocycles. The topological polar surface area (TPSA) is 52.8 Å². The molecule has 0 atom stereocenters. The Balaban J connectivity index is 2.06. The van der Waals surface area contributed by atoms with Gasteiger partial charge >= 0.3 is 0 Å². The Kier molecular flexibility index (Phi) is 3.75. The van der Waals surface area contributed by atoms with Gasteiger partial charge in [0, 0.05) is 18.5 Å². The van der Waals surface area contributed by atoms with Crippen LogP contribution < -0.4 is 4.74 Å². The maximum absolute atomic E-state index is 6.02. The molecule has 0 radical (unpaired) electrons. The Morgan fingerprint density at radius 2 is 2.14 bits per heavy atom. The van der Waals surface area contributed by atoms with E-state index < -0.39 is 0 Å². The lowest BCUT2D eigenvalue weighted by Crippen LogP contribution is -2.05. The standard InChI is InChI=1S/C15H15ClN4O/c1-10-5-12-15(18-8-10)20(13(7-16)19-12)9-11-3-4-17-14(6-11)21-2/h3-6,8H,7,9H2,1-2H3. The molecule has 0 aromatic carbocycles. The van der Waals surface area contributed by atoms with E-state index in [-0.39, 0.29) is 0 Å². The van der Waals surface area contributed by atoms with Crippen molar-refractivity contribution in [3.63, 3.8) is 0 Å². The van der Waals surface area contributed by atoms with E-state index in [1.165, 1.54) is 0 Å². The molecule has 0 aliphatic heterocycles. The summed E-state index contributed by atoms with van der Waals surface area (Å²) in [6.07, 6.45) is 3.57. The predicted octanol–water partition coefficient (Wildman–Crippen LogP) is 2.93. The van der Waals surface area contributed by atoms with Crippen LogP contribution in [0.3, 0.4) is 0 Å². The lowest BCUT2D eigenvalue weighted by atomic mass is 10.2. The molecule has 108 valence electrons. The van der Waals surface area contributed by atoms with Gasteiger partial charge in [0.15, 0.2) is 5.65 Å². The van der Waals surface area contributed by atoms with Crippen molar-refractivity contribution < 1.29 is 4.74 Å². The Bertz CT molecular complexity index is 784. The van der Waals surface area contributed by atoms with E-state index in [0.717, 1.165) is 28.1 Å². The van der Waals surface area contributed by atoms with Crippen molar-refractivity contribution in [3.05, 3.63) is 47.5 Å². The molecule has 0 amide bonds. The van der Waals surface area contributed by atoms with Crippen LogP contribution in [-0.2, 0) is 12.4 Å². The number of hydrogen-bond acceptors (Lipinski definition) is 4. The monoisotopic (exact) mass is 302 g/mol. The Morgan fingerprint density at radius 3 is 2.90 bits per heavy atom. The van der Waals surface area contributed by atoms with Crippen molar-refractivity contribution in [1.29, 1.82) is 0 Å². The molecule has 3 heterocycles. The number of rotatable bonds is 4. The highest BCUT2D eigenvalue weighted by Crippen LogP contribution is 2.19. The zero-order valence-corrected chi connectivity index (χ0v) is 12.6. The van der Waals surface area contributed by atoms with Crippen LogP contribution in [0.1, 0.15) is 17.0 Å². The van der Waals surface area contributed by atoms with Crippen molar-refractivity contribution in [3.8, 4) is 5.88 Å². The minimum Gasteiger partial charge on any atom is -0.481 e. The van der Waals surface area contributed by atoms with Crippen LogP contribution in [0.25, 0.3) is 11.2 Å². The number of ether oxygens (including phenoxy) is 1. The molecule has 3 aromatic rings. The summed E-state index contributed by atoms with van der Waals surface area (Å²) in [5.74, 6) is 1.74. The Hall–Kier alpha value is -2.14. The third-order valence-corrected chi connectivity index (χ3v) is 3.51. The van der Waals surface area contributed by atoms with Crippen LogP contribution in [0, 0.1) is 6.92 Å². The fourth-order valence-corrected chi connectivity index (χ4v) is 2.47. The molecule has 5 nitrogen and oxygen atoms in total. The average molecular weight is 303 g/mol. The molecule has 0 aliphatic carbocycles. The van der Waals surface area contributed by atoms with Gasteiger partial charge in [-0.3, -0.25) is 0 Å². The third-order valence-electron chi connectivity index (χ3n) is 3.27. The summed E-state index contributed by atoms with van der Waals surface area (Å²) >= 11 is 6.02. The lowest BCUT2D eigenvalue weighted by Gasteiger charge is -2.08. The minimum atomic E-state index is 0.345. The first-order chi connectivity index (χ1) is 10.2. The second kappa shape index (κ2) is 5.69. The van der Waals surface area contributed by atoms with Crippen molar-refractivity contribution in [2.75, 3.05) is 7.11 Å². The number of pyridine rings is 2. The Morgan fingerprint density at radius 1 is 1.29 bits per heavy atom. The highest BCUT2D eigenvalue weighted by molar-refractivity contribution is 6.16. The van der Waals surface area contributed by atoms with E-state index in [4.69, 9.17) is 16.3 Å². The summed E-state index contributed by atoms with van der Waals surface area (Å²) < 4.78 is 7.18. The van der Waals surface area contributed by atoms with E-state index >= 15 is 0 Å². The zero-order valence-electron chi connectivity index (χ0n) is 11.9. The summed E-state index contributed by atoms with van der Waals surface area (Å²) in [5, 5.41) is 0. The number of aryl methyl sites for hydroxylation is 1. The SMILES string of the molecule is COc1cc(Cn2c(CCl)nc3cc(C)cnc32)ccn1. The molecule has 0 fully saturated rings. The maximum Gasteiger partial charge on any atom is 0.213 e. The van der Waals surface area contributed by atoms with Crippen LogP contribution in [-0.4, -0.2) is 26.6 Å². The molecule has 0 saturated heterocycles. The van der Waals surface area contributed by atoms with Crippen LogP contribution in [0.15, 0.2) is 30.6 Å². The first kappa shape index (κ1) is 13.8. The number of hydrogen-bond donors (Lipinski definition) is 0. The van der Waals surface area contributed by atoms with E-state index in [0.29, 0.717) is 18.3 Å². The van der Waals surface area contributed by atoms with Crippen molar-refractivity contribution >= 4 is 22.8 Å². The van der Waals surface area contributed by atoms with Gasteiger partial charge in [0.05, 0.1) is 19.5 Å². The highest BCUT2D eigenvalue weighted by atomic mass is 35.5. The normalized spacial score (nSPS) is 11.0. The van der Waals surface area contributed by atoms with Gasteiger partial charge in [-0.25, -0.2) is 15.0 Å². The van der Waals surface area contributed by atoms with Gasteiger partial charge in [0.1, 0.15) is 11.3 Å². The number of fused-ring (bicyclic) bond motifs is 1. The number of halogens is 1. The van der Waals surface area contributed by atoms with Gasteiger partial charge in [-0.05, 0) is 30.2 Å². The summed E-state index contributed by atoms with van der Waals surface area (Å²) in [7, 11) is 1.60. The number of imidazole rings is 1. The second-order valence-electron chi connectivity index (χ2n) is 4.81. The molecular weight excluding hydrogens is 288 g/mol. The number of alkyl halides is 1. The third kappa shape index (κ3) is 2.69. The number of methoxy groups -OCH3 is 1. The lowest BCUT2D eigenvalue weighted by molar-refractivity contribution is 0.397. The van der Waals surface area contributed by atoms with Gasteiger partial charge in [-0.1, -0.05) is 0 Å². The van der Waals surface area contributed by atoms with Crippen molar-refractivity contribution in [2.45, 2.75) is 19.3 Å². The summed E-state index contributed by atoms with van der Waals surface area (Å²) in [6, 6.07) is 5.86. The summed E-state index contributed by atoms with van der Waals surface area (Å²) in [5.41, 5.74) is 3.85. The largest absolute Gasteiger partial charge is 0.481 e. The van der Waals surface area contributed by atoms with Gasteiger partial charge in [-0.2, -0.15) is 0 Å². The molecule has 6 heteroatoms.